The predicted octanol–water partition coefficient (Wildman–Crippen LogP) is 2.33. The van der Waals surface area contributed by atoms with Crippen LogP contribution < -0.4 is 15.6 Å². The summed E-state index contributed by atoms with van der Waals surface area (Å²) in [5.41, 5.74) is 1.27. The molecule has 0 saturated heterocycles. The lowest BCUT2D eigenvalue weighted by atomic mass is 10.1. The second-order valence-electron chi connectivity index (χ2n) is 5.89. The summed E-state index contributed by atoms with van der Waals surface area (Å²) in [4.78, 5) is 19.1. The van der Waals surface area contributed by atoms with E-state index in [0.717, 1.165) is 5.56 Å². The van der Waals surface area contributed by atoms with Gasteiger partial charge in [-0.2, -0.15) is 0 Å². The molecule has 1 aromatic heterocycles. The first kappa shape index (κ1) is 15.3. The molecule has 5 nitrogen and oxygen atoms in total. The number of H-pyrrole nitrogens is 1. The lowest BCUT2D eigenvalue weighted by molar-refractivity contribution is 0.415. The fourth-order valence-corrected chi connectivity index (χ4v) is 1.92. The molecule has 0 spiro atoms. The molecule has 21 heavy (non-hydrogen) atoms. The van der Waals surface area contributed by atoms with Crippen molar-refractivity contribution in [2.24, 2.45) is 0 Å². The quantitative estimate of drug-likeness (QED) is 0.905. The molecular weight excluding hydrogens is 266 g/mol. The normalized spacial score (nSPS) is 11.4. The van der Waals surface area contributed by atoms with Crippen LogP contribution in [0.5, 0.6) is 5.75 Å². The summed E-state index contributed by atoms with van der Waals surface area (Å²) in [6.45, 7) is 6.75. The van der Waals surface area contributed by atoms with Crippen molar-refractivity contribution in [2.45, 2.75) is 32.9 Å². The van der Waals surface area contributed by atoms with Crippen LogP contribution in [-0.4, -0.2) is 22.6 Å². The van der Waals surface area contributed by atoms with Crippen molar-refractivity contribution < 1.29 is 4.74 Å². The van der Waals surface area contributed by atoms with Crippen LogP contribution in [0, 0.1) is 0 Å². The van der Waals surface area contributed by atoms with Gasteiger partial charge >= 0.3 is 0 Å². The minimum atomic E-state index is -0.170. The first-order valence-electron chi connectivity index (χ1n) is 6.88. The summed E-state index contributed by atoms with van der Waals surface area (Å²) in [7, 11) is 1.60. The number of rotatable bonds is 4. The number of hydrogen-bond donors (Lipinski definition) is 2. The van der Waals surface area contributed by atoms with Crippen LogP contribution in [0.4, 0.5) is 0 Å². The van der Waals surface area contributed by atoms with Crippen LogP contribution in [0.1, 0.15) is 26.5 Å². The summed E-state index contributed by atoms with van der Waals surface area (Å²) in [5, 5.41) is 3.33. The standard InChI is InChI=1S/C16H21N3O2/c1-16(2,3)17-10-11-9-14(20)19-15(18-11)12-7-5-6-8-13(12)21-4/h5-9,17H,10H2,1-4H3,(H,18,19,20). The number of aromatic nitrogens is 2. The fraction of sp³-hybridized carbons (Fsp3) is 0.375. The van der Waals surface area contributed by atoms with Gasteiger partial charge < -0.3 is 15.0 Å². The Hall–Kier alpha value is -2.14. The van der Waals surface area contributed by atoms with Crippen LogP contribution in [0.3, 0.4) is 0 Å². The van der Waals surface area contributed by atoms with E-state index in [-0.39, 0.29) is 11.1 Å². The van der Waals surface area contributed by atoms with E-state index < -0.39 is 0 Å². The molecular formula is C16H21N3O2. The van der Waals surface area contributed by atoms with Crippen molar-refractivity contribution in [1.29, 1.82) is 0 Å². The van der Waals surface area contributed by atoms with Crippen LogP contribution in [-0.2, 0) is 6.54 Å². The summed E-state index contributed by atoms with van der Waals surface area (Å²) >= 11 is 0. The molecule has 2 N–H and O–H groups in total. The summed E-state index contributed by atoms with van der Waals surface area (Å²) < 4.78 is 5.32. The van der Waals surface area contributed by atoms with Crippen molar-refractivity contribution in [3.63, 3.8) is 0 Å². The van der Waals surface area contributed by atoms with Crippen LogP contribution in [0.2, 0.25) is 0 Å². The number of ether oxygens (including phenoxy) is 1. The van der Waals surface area contributed by atoms with Gasteiger partial charge in [0, 0.05) is 18.2 Å². The maximum Gasteiger partial charge on any atom is 0.251 e. The van der Waals surface area contributed by atoms with Gasteiger partial charge in [0.1, 0.15) is 11.6 Å². The first-order valence-corrected chi connectivity index (χ1v) is 6.88. The van der Waals surface area contributed by atoms with Gasteiger partial charge in [-0.1, -0.05) is 12.1 Å². The maximum absolute atomic E-state index is 11.8. The van der Waals surface area contributed by atoms with Gasteiger partial charge in [0.25, 0.3) is 5.56 Å². The molecule has 0 aliphatic heterocycles. The molecule has 0 atom stereocenters. The highest BCUT2D eigenvalue weighted by molar-refractivity contribution is 5.63. The molecule has 0 saturated carbocycles. The molecule has 0 amide bonds. The van der Waals surface area contributed by atoms with Gasteiger partial charge in [0.15, 0.2) is 0 Å². The molecule has 1 heterocycles. The van der Waals surface area contributed by atoms with E-state index in [1.54, 1.807) is 7.11 Å². The van der Waals surface area contributed by atoms with E-state index in [9.17, 15) is 4.79 Å². The third kappa shape index (κ3) is 4.16. The van der Waals surface area contributed by atoms with Gasteiger partial charge in [-0.3, -0.25) is 4.79 Å². The third-order valence-corrected chi connectivity index (χ3v) is 2.96. The molecule has 5 heteroatoms. The smallest absolute Gasteiger partial charge is 0.251 e. The topological polar surface area (TPSA) is 67.0 Å². The minimum Gasteiger partial charge on any atom is -0.496 e. The SMILES string of the molecule is COc1ccccc1-c1nc(CNC(C)(C)C)cc(=O)[nH]1. The van der Waals surface area contributed by atoms with E-state index in [2.05, 4.69) is 36.1 Å². The van der Waals surface area contributed by atoms with Crippen LogP contribution >= 0.6 is 0 Å². The van der Waals surface area contributed by atoms with Crippen molar-refractivity contribution in [1.82, 2.24) is 15.3 Å². The zero-order valence-corrected chi connectivity index (χ0v) is 12.9. The van der Waals surface area contributed by atoms with Crippen molar-refractivity contribution in [3.05, 3.63) is 46.4 Å². The summed E-state index contributed by atoms with van der Waals surface area (Å²) in [5.74, 6) is 1.20. The number of methoxy groups -OCH3 is 1. The first-order chi connectivity index (χ1) is 9.89. The molecule has 2 rings (SSSR count). The molecule has 2 aromatic rings. The Morgan fingerprint density at radius 2 is 2.00 bits per heavy atom. The Bertz CT molecular complexity index is 672. The number of hydrogen-bond acceptors (Lipinski definition) is 4. The number of nitrogens with one attached hydrogen (secondary N) is 2. The molecule has 1 aromatic carbocycles. The second-order valence-corrected chi connectivity index (χ2v) is 5.89. The Kier molecular flexibility index (Phi) is 4.43. The number of para-hydroxylation sites is 1. The molecule has 112 valence electrons. The molecule has 0 fully saturated rings. The van der Waals surface area contributed by atoms with Crippen LogP contribution in [0.15, 0.2) is 35.1 Å². The highest BCUT2D eigenvalue weighted by atomic mass is 16.5. The highest BCUT2D eigenvalue weighted by Gasteiger charge is 2.12. The van der Waals surface area contributed by atoms with E-state index in [1.165, 1.54) is 6.07 Å². The molecule has 0 unspecified atom stereocenters. The van der Waals surface area contributed by atoms with Crippen molar-refractivity contribution in [3.8, 4) is 17.1 Å². The maximum atomic E-state index is 11.8. The van der Waals surface area contributed by atoms with E-state index in [1.807, 2.05) is 24.3 Å². The van der Waals surface area contributed by atoms with Gasteiger partial charge in [-0.05, 0) is 32.9 Å². The number of aromatic amines is 1. The third-order valence-electron chi connectivity index (χ3n) is 2.96. The monoisotopic (exact) mass is 287 g/mol. The van der Waals surface area contributed by atoms with E-state index >= 15 is 0 Å². The fourth-order valence-electron chi connectivity index (χ4n) is 1.92. The minimum absolute atomic E-state index is 0.0329. The zero-order chi connectivity index (χ0) is 15.5. The molecule has 0 bridgehead atoms. The summed E-state index contributed by atoms with van der Waals surface area (Å²) in [6.07, 6.45) is 0. The van der Waals surface area contributed by atoms with Gasteiger partial charge in [0.05, 0.1) is 18.4 Å². The van der Waals surface area contributed by atoms with Crippen molar-refractivity contribution in [2.75, 3.05) is 7.11 Å². The molecule has 0 aliphatic rings. The lowest BCUT2D eigenvalue weighted by Gasteiger charge is -2.20. The zero-order valence-electron chi connectivity index (χ0n) is 12.9. The van der Waals surface area contributed by atoms with Crippen molar-refractivity contribution >= 4 is 0 Å². The van der Waals surface area contributed by atoms with Gasteiger partial charge in [0.2, 0.25) is 0 Å². The van der Waals surface area contributed by atoms with E-state index in [0.29, 0.717) is 23.8 Å². The van der Waals surface area contributed by atoms with Gasteiger partial charge in [-0.15, -0.1) is 0 Å². The average molecular weight is 287 g/mol. The Morgan fingerprint density at radius 3 is 2.67 bits per heavy atom. The second kappa shape index (κ2) is 6.10. The summed E-state index contributed by atoms with van der Waals surface area (Å²) in [6, 6.07) is 8.99. The molecule has 0 aliphatic carbocycles. The Morgan fingerprint density at radius 1 is 1.29 bits per heavy atom. The highest BCUT2D eigenvalue weighted by Crippen LogP contribution is 2.26. The predicted molar refractivity (Wildman–Crippen MR) is 83.4 cm³/mol. The Labute approximate surface area is 124 Å². The number of nitrogens with zero attached hydrogens (tertiary/aromatic N) is 1. The van der Waals surface area contributed by atoms with E-state index in [4.69, 9.17) is 4.74 Å². The number of benzene rings is 1. The van der Waals surface area contributed by atoms with Crippen LogP contribution in [0.25, 0.3) is 11.4 Å². The average Bonchev–Trinajstić information content (AvgIpc) is 2.44. The lowest BCUT2D eigenvalue weighted by Crippen LogP contribution is -2.35. The Balaban J connectivity index is 2.37. The molecule has 0 radical (unpaired) electrons. The van der Waals surface area contributed by atoms with Gasteiger partial charge in [-0.25, -0.2) is 4.98 Å². The largest absolute Gasteiger partial charge is 0.496 e.